The van der Waals surface area contributed by atoms with Crippen molar-refractivity contribution >= 4 is 23.4 Å². The summed E-state index contributed by atoms with van der Waals surface area (Å²) in [5.74, 6) is -1.40. The lowest BCUT2D eigenvalue weighted by molar-refractivity contribution is -0.157. The number of carbonyl (C=O) groups excluding carboxylic acids is 2. The van der Waals surface area contributed by atoms with Gasteiger partial charge in [-0.25, -0.2) is 0 Å². The van der Waals surface area contributed by atoms with Crippen molar-refractivity contribution in [3.63, 3.8) is 0 Å². The Bertz CT molecular complexity index is 1010. The minimum atomic E-state index is -0.641. The Morgan fingerprint density at radius 1 is 0.806 bits per heavy atom. The number of benzene rings is 3. The van der Waals surface area contributed by atoms with Crippen LogP contribution >= 0.6 is 11.6 Å². The van der Waals surface area contributed by atoms with Gasteiger partial charge in [0.25, 0.3) is 0 Å². The zero-order chi connectivity index (χ0) is 22.4. The number of hydrogen-bond acceptors (Lipinski definition) is 3. The Balaban J connectivity index is 2.06. The first-order valence-corrected chi connectivity index (χ1v) is 10.7. The SMILES string of the molecule is CC(C)(C)OC(=O)C(c1ccccc1)C(CC(=O)c1ccccc1)c1ccc(Cl)cc1. The van der Waals surface area contributed by atoms with E-state index in [0.717, 1.165) is 11.1 Å². The van der Waals surface area contributed by atoms with Gasteiger partial charge in [0.15, 0.2) is 5.78 Å². The molecule has 31 heavy (non-hydrogen) atoms. The fourth-order valence-electron chi connectivity index (χ4n) is 3.64. The zero-order valence-corrected chi connectivity index (χ0v) is 18.8. The van der Waals surface area contributed by atoms with Crippen molar-refractivity contribution in [3.05, 3.63) is 107 Å². The molecule has 3 rings (SSSR count). The topological polar surface area (TPSA) is 43.4 Å². The van der Waals surface area contributed by atoms with Gasteiger partial charge in [0.2, 0.25) is 0 Å². The van der Waals surface area contributed by atoms with E-state index in [9.17, 15) is 9.59 Å². The van der Waals surface area contributed by atoms with Crippen LogP contribution in [-0.2, 0) is 9.53 Å². The number of ketones is 1. The standard InChI is InChI=1S/C27H27ClO3/c1-27(2,3)31-26(30)25(21-12-8-5-9-13-21)23(19-14-16-22(28)17-15-19)18-24(29)20-10-6-4-7-11-20/h4-17,23,25H,18H2,1-3H3. The number of esters is 1. The van der Waals surface area contributed by atoms with E-state index in [1.807, 2.05) is 81.4 Å². The van der Waals surface area contributed by atoms with Crippen LogP contribution in [0.5, 0.6) is 0 Å². The van der Waals surface area contributed by atoms with Gasteiger partial charge >= 0.3 is 5.97 Å². The van der Waals surface area contributed by atoms with Crippen LogP contribution in [0.4, 0.5) is 0 Å². The van der Waals surface area contributed by atoms with Crippen LogP contribution in [0.3, 0.4) is 0 Å². The van der Waals surface area contributed by atoms with E-state index in [-0.39, 0.29) is 18.2 Å². The first-order valence-electron chi connectivity index (χ1n) is 10.4. The normalized spacial score (nSPS) is 13.3. The van der Waals surface area contributed by atoms with E-state index in [0.29, 0.717) is 10.6 Å². The molecule has 0 aromatic heterocycles. The molecule has 3 nitrogen and oxygen atoms in total. The van der Waals surface area contributed by atoms with Gasteiger partial charge in [-0.05, 0) is 44.0 Å². The first-order chi connectivity index (χ1) is 14.7. The number of carbonyl (C=O) groups is 2. The maximum absolute atomic E-state index is 13.4. The van der Waals surface area contributed by atoms with Gasteiger partial charge in [-0.3, -0.25) is 9.59 Å². The summed E-state index contributed by atoms with van der Waals surface area (Å²) in [6.45, 7) is 5.54. The third-order valence-electron chi connectivity index (χ3n) is 5.02. The van der Waals surface area contributed by atoms with Crippen LogP contribution in [0.1, 0.15) is 60.5 Å². The van der Waals surface area contributed by atoms with Crippen molar-refractivity contribution in [1.29, 1.82) is 0 Å². The second-order valence-corrected chi connectivity index (χ2v) is 9.01. The summed E-state index contributed by atoms with van der Waals surface area (Å²) in [6.07, 6.45) is 0.171. The highest BCUT2D eigenvalue weighted by Crippen LogP contribution is 2.39. The van der Waals surface area contributed by atoms with E-state index in [4.69, 9.17) is 16.3 Å². The molecule has 3 aromatic rings. The molecule has 160 valence electrons. The predicted molar refractivity (Wildman–Crippen MR) is 125 cm³/mol. The van der Waals surface area contributed by atoms with Gasteiger partial charge in [-0.15, -0.1) is 0 Å². The highest BCUT2D eigenvalue weighted by atomic mass is 35.5. The quantitative estimate of drug-likeness (QED) is 0.302. The largest absolute Gasteiger partial charge is 0.459 e. The monoisotopic (exact) mass is 434 g/mol. The van der Waals surface area contributed by atoms with Crippen molar-refractivity contribution in [2.24, 2.45) is 0 Å². The molecule has 2 unspecified atom stereocenters. The molecule has 0 fully saturated rings. The molecule has 3 aromatic carbocycles. The summed E-state index contributed by atoms with van der Waals surface area (Å²) in [5, 5.41) is 0.602. The number of halogens is 1. The molecular weight excluding hydrogens is 408 g/mol. The van der Waals surface area contributed by atoms with E-state index in [1.54, 1.807) is 24.3 Å². The minimum Gasteiger partial charge on any atom is -0.459 e. The third kappa shape index (κ3) is 6.28. The summed E-state index contributed by atoms with van der Waals surface area (Å²) in [7, 11) is 0. The van der Waals surface area contributed by atoms with Gasteiger partial charge in [-0.1, -0.05) is 84.4 Å². The first kappa shape index (κ1) is 22.8. The van der Waals surface area contributed by atoms with E-state index in [2.05, 4.69) is 0 Å². The molecule has 0 aliphatic carbocycles. The molecule has 0 aliphatic heterocycles. The maximum Gasteiger partial charge on any atom is 0.314 e. The van der Waals surface area contributed by atoms with Crippen molar-refractivity contribution in [1.82, 2.24) is 0 Å². The van der Waals surface area contributed by atoms with Crippen LogP contribution in [0.25, 0.3) is 0 Å². The molecule has 2 atom stereocenters. The average Bonchev–Trinajstić information content (AvgIpc) is 2.74. The Hall–Kier alpha value is -2.91. The van der Waals surface area contributed by atoms with E-state index >= 15 is 0 Å². The molecule has 0 amide bonds. The Kier molecular flexibility index (Phi) is 7.29. The summed E-state index contributed by atoms with van der Waals surface area (Å²) >= 11 is 6.11. The highest BCUT2D eigenvalue weighted by molar-refractivity contribution is 6.30. The molecule has 4 heteroatoms. The van der Waals surface area contributed by atoms with Crippen LogP contribution in [-0.4, -0.2) is 17.4 Å². The fraction of sp³-hybridized carbons (Fsp3) is 0.259. The van der Waals surface area contributed by atoms with Gasteiger partial charge in [0.1, 0.15) is 5.60 Å². The summed E-state index contributed by atoms with van der Waals surface area (Å²) in [6, 6.07) is 26.0. The fourth-order valence-corrected chi connectivity index (χ4v) is 3.76. The second-order valence-electron chi connectivity index (χ2n) is 8.57. The van der Waals surface area contributed by atoms with Crippen molar-refractivity contribution in [2.45, 2.75) is 44.6 Å². The van der Waals surface area contributed by atoms with Crippen LogP contribution in [0.15, 0.2) is 84.9 Å². The lowest BCUT2D eigenvalue weighted by Gasteiger charge is -2.30. The average molecular weight is 435 g/mol. The summed E-state index contributed by atoms with van der Waals surface area (Å²) < 4.78 is 5.79. The van der Waals surface area contributed by atoms with Gasteiger partial charge in [0, 0.05) is 22.9 Å². The van der Waals surface area contributed by atoms with Crippen molar-refractivity contribution in [3.8, 4) is 0 Å². The van der Waals surface area contributed by atoms with Gasteiger partial charge < -0.3 is 4.74 Å². The van der Waals surface area contributed by atoms with Crippen LogP contribution < -0.4 is 0 Å². The van der Waals surface area contributed by atoms with E-state index in [1.165, 1.54) is 0 Å². The lowest BCUT2D eigenvalue weighted by atomic mass is 9.77. The molecule has 0 bridgehead atoms. The van der Waals surface area contributed by atoms with Gasteiger partial charge in [0.05, 0.1) is 5.92 Å². The lowest BCUT2D eigenvalue weighted by Crippen LogP contribution is -2.31. The number of Topliss-reactive ketones (excluding diaryl/α,β-unsaturated/α-hetero) is 1. The molecule has 0 radical (unpaired) electrons. The smallest absolute Gasteiger partial charge is 0.314 e. The number of ether oxygens (including phenoxy) is 1. The summed E-state index contributed by atoms with van der Waals surface area (Å²) in [4.78, 5) is 26.6. The number of rotatable bonds is 7. The van der Waals surface area contributed by atoms with Gasteiger partial charge in [-0.2, -0.15) is 0 Å². The molecule has 0 saturated carbocycles. The molecule has 0 aliphatic rings. The van der Waals surface area contributed by atoms with Crippen LogP contribution in [0, 0.1) is 0 Å². The molecule has 0 heterocycles. The number of hydrogen-bond donors (Lipinski definition) is 0. The van der Waals surface area contributed by atoms with Crippen LogP contribution in [0.2, 0.25) is 5.02 Å². The Labute approximate surface area is 189 Å². The minimum absolute atomic E-state index is 0.0231. The second kappa shape index (κ2) is 9.93. The highest BCUT2D eigenvalue weighted by Gasteiger charge is 2.36. The predicted octanol–water partition coefficient (Wildman–Crippen LogP) is 6.82. The third-order valence-corrected chi connectivity index (χ3v) is 5.27. The molecule has 0 spiro atoms. The molecular formula is C27H27ClO3. The van der Waals surface area contributed by atoms with Crippen molar-refractivity contribution in [2.75, 3.05) is 0 Å². The molecule has 0 N–H and O–H groups in total. The Morgan fingerprint density at radius 3 is 1.90 bits per heavy atom. The zero-order valence-electron chi connectivity index (χ0n) is 18.0. The Morgan fingerprint density at radius 2 is 1.35 bits per heavy atom. The molecule has 0 saturated heterocycles. The summed E-state index contributed by atoms with van der Waals surface area (Å²) in [5.41, 5.74) is 1.67. The van der Waals surface area contributed by atoms with E-state index < -0.39 is 17.4 Å². The van der Waals surface area contributed by atoms with Crippen molar-refractivity contribution < 1.29 is 14.3 Å². The maximum atomic E-state index is 13.4.